The first kappa shape index (κ1) is 13.8. The van der Waals surface area contributed by atoms with Crippen molar-refractivity contribution in [3.05, 3.63) is 23.5 Å². The van der Waals surface area contributed by atoms with Crippen molar-refractivity contribution in [2.24, 2.45) is 0 Å². The summed E-state index contributed by atoms with van der Waals surface area (Å²) < 4.78 is 18.6. The Morgan fingerprint density at radius 1 is 1.53 bits per heavy atom. The Morgan fingerprint density at radius 2 is 2.24 bits per heavy atom. The van der Waals surface area contributed by atoms with Crippen molar-refractivity contribution in [1.82, 2.24) is 0 Å². The molecule has 1 aromatic carbocycles. The number of methoxy groups -OCH3 is 1. The maximum Gasteiger partial charge on any atom is 0.303 e. The van der Waals surface area contributed by atoms with Crippen molar-refractivity contribution >= 4 is 17.7 Å². The number of aryl methyl sites for hydroxylation is 1. The van der Waals surface area contributed by atoms with Crippen LogP contribution in [0.2, 0.25) is 0 Å². The smallest absolute Gasteiger partial charge is 0.303 e. The fraction of sp³-hybridized carbons (Fsp3) is 0.417. The molecule has 5 heteroatoms. The largest absolute Gasteiger partial charge is 0.495 e. The Balaban J connectivity index is 2.88. The normalized spacial score (nSPS) is 10.3. The van der Waals surface area contributed by atoms with E-state index in [2.05, 4.69) is 0 Å². The van der Waals surface area contributed by atoms with Gasteiger partial charge in [0.05, 0.1) is 12.0 Å². The lowest BCUT2D eigenvalue weighted by molar-refractivity contribution is -0.137. The molecular formula is C12H15FO3S. The van der Waals surface area contributed by atoms with E-state index >= 15 is 0 Å². The van der Waals surface area contributed by atoms with Gasteiger partial charge in [0.25, 0.3) is 0 Å². The van der Waals surface area contributed by atoms with Gasteiger partial charge in [0.1, 0.15) is 11.6 Å². The molecule has 0 aliphatic carbocycles. The molecule has 0 aliphatic heterocycles. The first-order valence-corrected chi connectivity index (χ1v) is 6.43. The van der Waals surface area contributed by atoms with Gasteiger partial charge in [-0.05, 0) is 36.8 Å². The van der Waals surface area contributed by atoms with E-state index in [0.717, 1.165) is 10.5 Å². The van der Waals surface area contributed by atoms with Crippen LogP contribution in [0.3, 0.4) is 0 Å². The molecule has 0 spiro atoms. The number of thioether (sulfide) groups is 1. The van der Waals surface area contributed by atoms with Crippen molar-refractivity contribution in [2.45, 2.75) is 24.2 Å². The molecule has 3 nitrogen and oxygen atoms in total. The summed E-state index contributed by atoms with van der Waals surface area (Å²) in [6.07, 6.45) is 2.90. The van der Waals surface area contributed by atoms with Gasteiger partial charge in [0.15, 0.2) is 0 Å². The lowest BCUT2D eigenvalue weighted by Gasteiger charge is -2.12. The third kappa shape index (κ3) is 3.93. The van der Waals surface area contributed by atoms with E-state index in [9.17, 15) is 9.18 Å². The maximum absolute atomic E-state index is 13.3. The van der Waals surface area contributed by atoms with Gasteiger partial charge >= 0.3 is 5.97 Å². The third-order valence-corrected chi connectivity index (χ3v) is 3.10. The minimum Gasteiger partial charge on any atom is -0.495 e. The highest BCUT2D eigenvalue weighted by atomic mass is 32.2. The standard InChI is InChI=1S/C12H15FO3S/c1-16-12-8(4-3-5-11(14)15)6-9(13)7-10(12)17-2/h6-7H,3-5H2,1-2H3,(H,14,15). The number of carbonyl (C=O) groups is 1. The van der Waals surface area contributed by atoms with Gasteiger partial charge in [-0.15, -0.1) is 11.8 Å². The van der Waals surface area contributed by atoms with Gasteiger partial charge < -0.3 is 9.84 Å². The van der Waals surface area contributed by atoms with E-state index in [1.165, 1.54) is 31.0 Å². The highest BCUT2D eigenvalue weighted by Gasteiger charge is 2.11. The Bertz CT molecular complexity index is 407. The molecule has 1 rings (SSSR count). The van der Waals surface area contributed by atoms with Gasteiger partial charge in [-0.25, -0.2) is 4.39 Å². The van der Waals surface area contributed by atoms with E-state index in [1.807, 2.05) is 6.26 Å². The number of ether oxygens (including phenoxy) is 1. The van der Waals surface area contributed by atoms with Crippen LogP contribution in [0.15, 0.2) is 17.0 Å². The molecule has 0 saturated heterocycles. The molecule has 0 fully saturated rings. The van der Waals surface area contributed by atoms with Crippen LogP contribution in [0.4, 0.5) is 4.39 Å². The van der Waals surface area contributed by atoms with Gasteiger partial charge in [-0.1, -0.05) is 0 Å². The third-order valence-electron chi connectivity index (χ3n) is 2.36. The Morgan fingerprint density at radius 3 is 2.76 bits per heavy atom. The molecular weight excluding hydrogens is 243 g/mol. The number of aliphatic carboxylic acids is 1. The molecule has 0 atom stereocenters. The molecule has 94 valence electrons. The number of halogens is 1. The van der Waals surface area contributed by atoms with Gasteiger partial charge in [-0.3, -0.25) is 4.79 Å². The van der Waals surface area contributed by atoms with Crippen LogP contribution in [0.5, 0.6) is 5.75 Å². The van der Waals surface area contributed by atoms with E-state index in [4.69, 9.17) is 9.84 Å². The first-order chi connectivity index (χ1) is 8.08. The monoisotopic (exact) mass is 258 g/mol. The highest BCUT2D eigenvalue weighted by molar-refractivity contribution is 7.98. The van der Waals surface area contributed by atoms with Crippen LogP contribution in [-0.2, 0) is 11.2 Å². The molecule has 0 heterocycles. The van der Waals surface area contributed by atoms with Gasteiger partial charge in [0.2, 0.25) is 0 Å². The average molecular weight is 258 g/mol. The molecule has 0 aromatic heterocycles. The summed E-state index contributed by atoms with van der Waals surface area (Å²) in [4.78, 5) is 11.2. The summed E-state index contributed by atoms with van der Waals surface area (Å²) >= 11 is 1.41. The molecule has 0 unspecified atom stereocenters. The molecule has 0 bridgehead atoms. The molecule has 17 heavy (non-hydrogen) atoms. The summed E-state index contributed by atoms with van der Waals surface area (Å²) in [5.74, 6) is -0.518. The first-order valence-electron chi connectivity index (χ1n) is 5.20. The van der Waals surface area contributed by atoms with Gasteiger partial charge in [0, 0.05) is 6.42 Å². The highest BCUT2D eigenvalue weighted by Crippen LogP contribution is 2.33. The van der Waals surface area contributed by atoms with Crippen molar-refractivity contribution in [1.29, 1.82) is 0 Å². The topological polar surface area (TPSA) is 46.5 Å². The minimum absolute atomic E-state index is 0.0776. The number of benzene rings is 1. The van der Waals surface area contributed by atoms with Crippen LogP contribution in [-0.4, -0.2) is 24.4 Å². The second-order valence-electron chi connectivity index (χ2n) is 3.55. The van der Waals surface area contributed by atoms with Crippen LogP contribution in [0.1, 0.15) is 18.4 Å². The molecule has 0 saturated carbocycles. The van der Waals surface area contributed by atoms with Crippen molar-refractivity contribution in [3.8, 4) is 5.75 Å². The lowest BCUT2D eigenvalue weighted by Crippen LogP contribution is -1.99. The fourth-order valence-electron chi connectivity index (χ4n) is 1.62. The summed E-state index contributed by atoms with van der Waals surface area (Å²) in [5, 5.41) is 8.56. The van der Waals surface area contributed by atoms with Crippen LogP contribution in [0, 0.1) is 5.82 Å². The van der Waals surface area contributed by atoms with Crippen molar-refractivity contribution in [2.75, 3.05) is 13.4 Å². The number of hydrogen-bond donors (Lipinski definition) is 1. The molecule has 1 N–H and O–H groups in total. The maximum atomic E-state index is 13.3. The average Bonchev–Trinajstić information content (AvgIpc) is 2.27. The van der Waals surface area contributed by atoms with Crippen LogP contribution in [0.25, 0.3) is 0 Å². The summed E-state index contributed by atoms with van der Waals surface area (Å²) in [7, 11) is 1.54. The second-order valence-corrected chi connectivity index (χ2v) is 4.40. The zero-order chi connectivity index (χ0) is 12.8. The number of carboxylic acid groups (broad SMARTS) is 1. The number of carboxylic acids is 1. The van der Waals surface area contributed by atoms with Crippen LogP contribution >= 0.6 is 11.8 Å². The van der Waals surface area contributed by atoms with E-state index in [-0.39, 0.29) is 12.2 Å². The van der Waals surface area contributed by atoms with E-state index in [1.54, 1.807) is 0 Å². The Hall–Kier alpha value is -1.23. The molecule has 1 aromatic rings. The quantitative estimate of drug-likeness (QED) is 0.797. The Labute approximate surface area is 104 Å². The zero-order valence-corrected chi connectivity index (χ0v) is 10.6. The summed E-state index contributed by atoms with van der Waals surface area (Å²) in [6.45, 7) is 0. The predicted octanol–water partition coefficient (Wildman–Crippen LogP) is 2.96. The van der Waals surface area contributed by atoms with Crippen molar-refractivity contribution < 1.29 is 19.0 Å². The van der Waals surface area contributed by atoms with Crippen molar-refractivity contribution in [3.63, 3.8) is 0 Å². The Kier molecular flexibility index (Phi) is 5.28. The number of hydrogen-bond acceptors (Lipinski definition) is 3. The van der Waals surface area contributed by atoms with E-state index < -0.39 is 5.97 Å². The fourth-order valence-corrected chi connectivity index (χ4v) is 2.25. The molecule has 0 aliphatic rings. The number of rotatable bonds is 6. The van der Waals surface area contributed by atoms with E-state index in [0.29, 0.717) is 18.6 Å². The second kappa shape index (κ2) is 6.49. The molecule has 0 amide bonds. The molecule has 0 radical (unpaired) electrons. The lowest BCUT2D eigenvalue weighted by atomic mass is 10.1. The van der Waals surface area contributed by atoms with Gasteiger partial charge in [-0.2, -0.15) is 0 Å². The summed E-state index contributed by atoms with van der Waals surface area (Å²) in [6, 6.07) is 2.82. The zero-order valence-electron chi connectivity index (χ0n) is 9.83. The minimum atomic E-state index is -0.842. The predicted molar refractivity (Wildman–Crippen MR) is 65.3 cm³/mol. The SMILES string of the molecule is COc1c(CCCC(=O)O)cc(F)cc1SC. The summed E-state index contributed by atoms with van der Waals surface area (Å²) in [5.41, 5.74) is 0.720. The van der Waals surface area contributed by atoms with Crippen LogP contribution < -0.4 is 4.74 Å².